The van der Waals surface area contributed by atoms with E-state index >= 15 is 0 Å². The van der Waals surface area contributed by atoms with Crippen molar-refractivity contribution in [3.05, 3.63) is 0 Å². The van der Waals surface area contributed by atoms with E-state index in [1.807, 2.05) is 0 Å². The lowest BCUT2D eigenvalue weighted by molar-refractivity contribution is -0.122. The van der Waals surface area contributed by atoms with E-state index in [-0.39, 0.29) is 22.0 Å². The van der Waals surface area contributed by atoms with Gasteiger partial charge in [0.05, 0.1) is 0 Å². The second-order valence-electron chi connectivity index (χ2n) is 7.60. The second-order valence-corrected chi connectivity index (χ2v) is 7.60. The van der Waals surface area contributed by atoms with E-state index in [9.17, 15) is 10.0 Å². The summed E-state index contributed by atoms with van der Waals surface area (Å²) in [6, 6.07) is 0. The summed E-state index contributed by atoms with van der Waals surface area (Å²) < 4.78 is 0. The van der Waals surface area contributed by atoms with Crippen LogP contribution in [0.3, 0.4) is 0 Å². The van der Waals surface area contributed by atoms with Crippen LogP contribution in [0.1, 0.15) is 59.3 Å². The van der Waals surface area contributed by atoms with Gasteiger partial charge in [0, 0.05) is 10.8 Å². The molecule has 3 aliphatic rings. The Labute approximate surface area is 109 Å². The van der Waals surface area contributed by atoms with Crippen LogP contribution < -0.4 is 0 Å². The monoisotopic (exact) mass is 249 g/mol. The van der Waals surface area contributed by atoms with Gasteiger partial charge in [0.2, 0.25) is 0 Å². The number of oxime groups is 1. The molecule has 3 heteroatoms. The first-order valence-electron chi connectivity index (χ1n) is 7.13. The van der Waals surface area contributed by atoms with Crippen LogP contribution >= 0.6 is 0 Å². The highest BCUT2D eigenvalue weighted by molar-refractivity contribution is 6.45. The predicted molar refractivity (Wildman–Crippen MR) is 69.7 cm³/mol. The van der Waals surface area contributed by atoms with E-state index < -0.39 is 0 Å². The Morgan fingerprint density at radius 3 is 2.61 bits per heavy atom. The predicted octanol–water partition coefficient (Wildman–Crippen LogP) is 3.40. The fourth-order valence-corrected chi connectivity index (χ4v) is 5.30. The van der Waals surface area contributed by atoms with E-state index in [2.05, 4.69) is 25.9 Å². The number of ketones is 1. The SMILES string of the molecule is CC1(C)CCC[C@@]23C[C@@](C)(CC[C@@H]12)C(=O)/C3=N\O. The summed E-state index contributed by atoms with van der Waals surface area (Å²) in [5.74, 6) is 0.620. The molecule has 0 aromatic carbocycles. The molecule has 0 aromatic rings. The lowest BCUT2D eigenvalue weighted by Crippen LogP contribution is -2.48. The number of rotatable bonds is 0. The summed E-state index contributed by atoms with van der Waals surface area (Å²) in [5.41, 5.74) is 0.381. The minimum absolute atomic E-state index is 0.116. The molecule has 3 nitrogen and oxygen atoms in total. The van der Waals surface area contributed by atoms with Crippen molar-refractivity contribution in [2.24, 2.45) is 27.3 Å². The average Bonchev–Trinajstić information content (AvgIpc) is 2.42. The first-order valence-corrected chi connectivity index (χ1v) is 7.13. The van der Waals surface area contributed by atoms with Crippen LogP contribution in [0.25, 0.3) is 0 Å². The van der Waals surface area contributed by atoms with E-state index in [0.717, 1.165) is 32.1 Å². The van der Waals surface area contributed by atoms with Gasteiger partial charge in [-0.2, -0.15) is 0 Å². The van der Waals surface area contributed by atoms with Crippen molar-refractivity contribution in [2.45, 2.75) is 59.3 Å². The minimum atomic E-state index is -0.258. The number of hydrogen-bond donors (Lipinski definition) is 1. The molecule has 0 heterocycles. The van der Waals surface area contributed by atoms with Crippen LogP contribution in [-0.2, 0) is 4.79 Å². The molecule has 2 bridgehead atoms. The number of nitrogens with zero attached hydrogens (tertiary/aromatic N) is 1. The third kappa shape index (κ3) is 1.25. The van der Waals surface area contributed by atoms with E-state index in [4.69, 9.17) is 0 Å². The molecule has 0 aliphatic heterocycles. The number of carbonyl (C=O) groups excluding carboxylic acids is 1. The molecule has 3 saturated carbocycles. The molecular weight excluding hydrogens is 226 g/mol. The highest BCUT2D eigenvalue weighted by atomic mass is 16.4. The number of fused-ring (bicyclic) bond motifs is 1. The van der Waals surface area contributed by atoms with Gasteiger partial charge in [0.25, 0.3) is 0 Å². The van der Waals surface area contributed by atoms with Crippen molar-refractivity contribution < 1.29 is 10.0 Å². The highest BCUT2D eigenvalue weighted by Crippen LogP contribution is 2.66. The van der Waals surface area contributed by atoms with Gasteiger partial charge in [-0.1, -0.05) is 32.3 Å². The van der Waals surface area contributed by atoms with Crippen LogP contribution in [0.2, 0.25) is 0 Å². The van der Waals surface area contributed by atoms with Crippen molar-refractivity contribution in [3.63, 3.8) is 0 Å². The summed E-state index contributed by atoms with van der Waals surface area (Å²) >= 11 is 0. The Bertz CT molecular complexity index is 440. The Morgan fingerprint density at radius 2 is 1.94 bits per heavy atom. The van der Waals surface area contributed by atoms with Crippen LogP contribution in [0.15, 0.2) is 5.16 Å². The first kappa shape index (κ1) is 12.2. The summed E-state index contributed by atoms with van der Waals surface area (Å²) in [6.45, 7) is 6.70. The molecular formula is C15H23NO2. The standard InChI is InChI=1S/C15H23NO2/c1-13(2)6-4-7-15-9-14(3,8-5-10(13)15)12(17)11(15)16-18/h10,18H,4-9H2,1-3H3/b16-11+/t10-,14+,15+/m0/s1. The Hall–Kier alpha value is -0.860. The summed E-state index contributed by atoms with van der Waals surface area (Å²) in [6.07, 6.45) is 6.37. The molecule has 100 valence electrons. The average molecular weight is 249 g/mol. The summed E-state index contributed by atoms with van der Waals surface area (Å²) in [7, 11) is 0. The molecule has 0 radical (unpaired) electrons. The van der Waals surface area contributed by atoms with Gasteiger partial charge in [-0.15, -0.1) is 0 Å². The minimum Gasteiger partial charge on any atom is -0.411 e. The second kappa shape index (κ2) is 3.37. The molecule has 1 N–H and O–H groups in total. The maximum Gasteiger partial charge on any atom is 0.186 e. The number of hydrogen-bond acceptors (Lipinski definition) is 3. The van der Waals surface area contributed by atoms with Crippen LogP contribution in [0.4, 0.5) is 0 Å². The molecule has 18 heavy (non-hydrogen) atoms. The number of Topliss-reactive ketones (excluding diaryl/α,β-unsaturated/α-hetero) is 1. The van der Waals surface area contributed by atoms with Crippen molar-refractivity contribution in [1.82, 2.24) is 0 Å². The molecule has 0 saturated heterocycles. The molecule has 3 fully saturated rings. The normalized spacial score (nSPS) is 48.3. The lowest BCUT2D eigenvalue weighted by atomic mass is 9.50. The van der Waals surface area contributed by atoms with Gasteiger partial charge in [-0.3, -0.25) is 4.79 Å². The molecule has 0 amide bonds. The Kier molecular flexibility index (Phi) is 2.28. The highest BCUT2D eigenvalue weighted by Gasteiger charge is 2.66. The van der Waals surface area contributed by atoms with Crippen LogP contribution in [0.5, 0.6) is 0 Å². The van der Waals surface area contributed by atoms with Gasteiger partial charge < -0.3 is 5.21 Å². The zero-order valence-corrected chi connectivity index (χ0v) is 11.6. The third-order valence-electron chi connectivity index (χ3n) is 6.08. The van der Waals surface area contributed by atoms with Crippen molar-refractivity contribution in [3.8, 4) is 0 Å². The molecule has 0 aromatic heterocycles. The Morgan fingerprint density at radius 1 is 1.22 bits per heavy atom. The topological polar surface area (TPSA) is 49.7 Å². The van der Waals surface area contributed by atoms with Crippen LogP contribution in [0, 0.1) is 22.2 Å². The van der Waals surface area contributed by atoms with Crippen LogP contribution in [-0.4, -0.2) is 16.7 Å². The van der Waals surface area contributed by atoms with E-state index in [1.165, 1.54) is 6.42 Å². The fraction of sp³-hybridized carbons (Fsp3) is 0.867. The molecule has 3 atom stereocenters. The van der Waals surface area contributed by atoms with Gasteiger partial charge >= 0.3 is 0 Å². The lowest BCUT2D eigenvalue weighted by Gasteiger charge is -2.53. The van der Waals surface area contributed by atoms with Gasteiger partial charge in [-0.25, -0.2) is 0 Å². The summed E-state index contributed by atoms with van der Waals surface area (Å²) in [5, 5.41) is 12.8. The fourth-order valence-electron chi connectivity index (χ4n) is 5.30. The molecule has 3 aliphatic carbocycles. The summed E-state index contributed by atoms with van der Waals surface area (Å²) in [4.78, 5) is 12.5. The third-order valence-corrected chi connectivity index (χ3v) is 6.08. The van der Waals surface area contributed by atoms with Crippen molar-refractivity contribution in [1.29, 1.82) is 0 Å². The molecule has 0 unspecified atom stereocenters. The first-order chi connectivity index (χ1) is 8.36. The largest absolute Gasteiger partial charge is 0.411 e. The zero-order valence-electron chi connectivity index (χ0n) is 11.6. The zero-order chi connectivity index (χ0) is 13.2. The number of carbonyl (C=O) groups is 1. The molecule has 1 spiro atoms. The van der Waals surface area contributed by atoms with Gasteiger partial charge in [-0.05, 0) is 43.4 Å². The van der Waals surface area contributed by atoms with E-state index in [1.54, 1.807) is 0 Å². The van der Waals surface area contributed by atoms with Crippen molar-refractivity contribution >= 4 is 11.5 Å². The van der Waals surface area contributed by atoms with E-state index in [0.29, 0.717) is 11.6 Å². The maximum atomic E-state index is 12.5. The van der Waals surface area contributed by atoms with Gasteiger partial charge in [0.15, 0.2) is 5.78 Å². The smallest absolute Gasteiger partial charge is 0.186 e. The quantitative estimate of drug-likeness (QED) is 0.528. The van der Waals surface area contributed by atoms with Crippen molar-refractivity contribution in [2.75, 3.05) is 0 Å². The maximum absolute atomic E-state index is 12.5. The Balaban J connectivity index is 2.14. The molecule has 3 rings (SSSR count). The van der Waals surface area contributed by atoms with Gasteiger partial charge in [0.1, 0.15) is 5.71 Å².